The molecule has 0 saturated heterocycles. The molecule has 126 valence electrons. The number of amides is 1. The van der Waals surface area contributed by atoms with E-state index in [0.717, 1.165) is 35.2 Å². The molecule has 0 bridgehead atoms. The highest BCUT2D eigenvalue weighted by atomic mass is 32.2. The van der Waals surface area contributed by atoms with Gasteiger partial charge in [0.15, 0.2) is 6.04 Å². The molecule has 24 heavy (non-hydrogen) atoms. The monoisotopic (exact) mass is 391 g/mol. The molecule has 11 heteroatoms. The predicted octanol–water partition coefficient (Wildman–Crippen LogP) is 3.36. The first-order valence-corrected chi connectivity index (χ1v) is 8.38. The summed E-state index contributed by atoms with van der Waals surface area (Å²) in [5.74, 6) is -1.31. The number of nitrogens with zero attached hydrogens (tertiary/aromatic N) is 2. The summed E-state index contributed by atoms with van der Waals surface area (Å²) < 4.78 is 41.1. The van der Waals surface area contributed by atoms with E-state index in [-0.39, 0.29) is 5.52 Å². The lowest BCUT2D eigenvalue weighted by Gasteiger charge is -2.07. The number of phenolic OH excluding ortho intramolecular Hbond substituents is 1. The molecule has 1 aliphatic heterocycles. The summed E-state index contributed by atoms with van der Waals surface area (Å²) in [6, 6.07) is 0.984. The van der Waals surface area contributed by atoms with Gasteiger partial charge in [-0.25, -0.2) is 4.98 Å². The van der Waals surface area contributed by atoms with Crippen LogP contribution < -0.4 is 4.72 Å². The Morgan fingerprint density at radius 3 is 2.75 bits per heavy atom. The topological polar surface area (TPSA) is 74.6 Å². The van der Waals surface area contributed by atoms with Gasteiger partial charge in [0, 0.05) is 4.91 Å². The number of carbonyl (C=O) groups is 1. The second-order valence-electron chi connectivity index (χ2n) is 4.74. The summed E-state index contributed by atoms with van der Waals surface area (Å²) in [6.07, 6.45) is -4.67. The van der Waals surface area contributed by atoms with Crippen molar-refractivity contribution in [2.45, 2.75) is 12.2 Å². The molecule has 1 atom stereocenters. The van der Waals surface area contributed by atoms with Gasteiger partial charge in [-0.15, -0.1) is 11.3 Å². The standard InChI is InChI=1S/C13H8F3N3O2S3/c1-4-9(10(21)19-22)18-12(23-4)11-17-6-2-5(13(14,15)16)7(20)3-8(6)24-11/h2-3,9,20,22H,1H2,(H,19,21). The number of carbonyl (C=O) groups excluding carboxylic acids is 1. The van der Waals surface area contributed by atoms with Crippen molar-refractivity contribution in [1.82, 2.24) is 9.71 Å². The maximum absolute atomic E-state index is 12.8. The molecule has 0 saturated carbocycles. The maximum atomic E-state index is 12.8. The van der Waals surface area contributed by atoms with Crippen LogP contribution in [0, 0.1) is 0 Å². The Kier molecular flexibility index (Phi) is 4.26. The van der Waals surface area contributed by atoms with Crippen LogP contribution in [0.1, 0.15) is 10.6 Å². The number of thiazole rings is 1. The van der Waals surface area contributed by atoms with E-state index in [4.69, 9.17) is 0 Å². The van der Waals surface area contributed by atoms with Gasteiger partial charge in [0.05, 0.1) is 15.8 Å². The number of hydrogen-bond acceptors (Lipinski definition) is 7. The van der Waals surface area contributed by atoms with Gasteiger partial charge in [-0.2, -0.15) is 13.2 Å². The van der Waals surface area contributed by atoms with Crippen LogP contribution in [-0.4, -0.2) is 27.1 Å². The number of thiol groups is 1. The summed E-state index contributed by atoms with van der Waals surface area (Å²) in [5.41, 5.74) is -1.05. The molecule has 1 amide bonds. The highest BCUT2D eigenvalue weighted by Gasteiger charge is 2.35. The Morgan fingerprint density at radius 2 is 2.12 bits per heavy atom. The third-order valence-corrected chi connectivity index (χ3v) is 5.48. The van der Waals surface area contributed by atoms with Gasteiger partial charge in [0.2, 0.25) is 0 Å². The SMILES string of the molecule is C=C1SC(c2nc3cc(C(F)(F)F)c(O)cc3s2)=NC1C(=O)NS. The van der Waals surface area contributed by atoms with Gasteiger partial charge in [-0.3, -0.25) is 9.79 Å². The molecule has 1 aromatic heterocycles. The molecule has 0 aliphatic carbocycles. The largest absolute Gasteiger partial charge is 0.507 e. The number of halogens is 3. The van der Waals surface area contributed by atoms with Crippen LogP contribution in [0.2, 0.25) is 0 Å². The average molecular weight is 391 g/mol. The molecule has 1 aliphatic rings. The third-order valence-electron chi connectivity index (χ3n) is 3.13. The van der Waals surface area contributed by atoms with Gasteiger partial charge in [0.1, 0.15) is 15.8 Å². The Bertz CT molecular complexity index is 892. The number of aromatic nitrogens is 1. The van der Waals surface area contributed by atoms with E-state index in [1.807, 2.05) is 0 Å². The van der Waals surface area contributed by atoms with Crippen molar-refractivity contribution in [3.8, 4) is 5.75 Å². The van der Waals surface area contributed by atoms with Crippen molar-refractivity contribution in [2.24, 2.45) is 4.99 Å². The number of thioether (sulfide) groups is 1. The van der Waals surface area contributed by atoms with Gasteiger partial charge < -0.3 is 9.83 Å². The number of aromatic hydroxyl groups is 1. The Morgan fingerprint density at radius 1 is 1.42 bits per heavy atom. The minimum atomic E-state index is -4.67. The van der Waals surface area contributed by atoms with Crippen LogP contribution in [-0.2, 0) is 11.0 Å². The molecule has 2 heterocycles. The van der Waals surface area contributed by atoms with Crippen molar-refractivity contribution in [1.29, 1.82) is 0 Å². The van der Waals surface area contributed by atoms with Gasteiger partial charge in [0.25, 0.3) is 5.91 Å². The van der Waals surface area contributed by atoms with E-state index in [1.54, 1.807) is 0 Å². The highest BCUT2D eigenvalue weighted by Crippen LogP contribution is 2.41. The van der Waals surface area contributed by atoms with E-state index in [1.165, 1.54) is 0 Å². The second-order valence-corrected chi connectivity index (χ2v) is 7.10. The first-order chi connectivity index (χ1) is 11.2. The summed E-state index contributed by atoms with van der Waals surface area (Å²) >= 11 is 5.86. The summed E-state index contributed by atoms with van der Waals surface area (Å²) in [6.45, 7) is 3.74. The van der Waals surface area contributed by atoms with Crippen molar-refractivity contribution in [3.63, 3.8) is 0 Å². The number of hydrogen-bond donors (Lipinski definition) is 3. The Balaban J connectivity index is 2.03. The lowest BCUT2D eigenvalue weighted by Crippen LogP contribution is -2.26. The zero-order chi connectivity index (χ0) is 17.6. The Labute approximate surface area is 147 Å². The lowest BCUT2D eigenvalue weighted by molar-refractivity contribution is -0.138. The minimum absolute atomic E-state index is 0.0936. The van der Waals surface area contributed by atoms with E-state index in [9.17, 15) is 23.1 Å². The highest BCUT2D eigenvalue weighted by molar-refractivity contribution is 8.18. The number of rotatable bonds is 2. The first-order valence-electron chi connectivity index (χ1n) is 6.30. The van der Waals surface area contributed by atoms with Gasteiger partial charge >= 0.3 is 6.18 Å². The molecule has 0 spiro atoms. The number of fused-ring (bicyclic) bond motifs is 1. The Hall–Kier alpha value is -1.72. The number of alkyl halides is 3. The molecule has 0 fully saturated rings. The minimum Gasteiger partial charge on any atom is -0.507 e. The van der Waals surface area contributed by atoms with E-state index < -0.39 is 29.4 Å². The third kappa shape index (κ3) is 2.98. The van der Waals surface area contributed by atoms with Crippen LogP contribution in [0.15, 0.2) is 28.6 Å². The smallest absolute Gasteiger partial charge is 0.420 e. The van der Waals surface area contributed by atoms with Crippen molar-refractivity contribution in [2.75, 3.05) is 0 Å². The summed E-state index contributed by atoms with van der Waals surface area (Å²) in [5, 5.41) is 10.3. The first kappa shape index (κ1) is 17.1. The van der Waals surface area contributed by atoms with Gasteiger partial charge in [-0.05, 0) is 12.1 Å². The van der Waals surface area contributed by atoms with Crippen LogP contribution in [0.5, 0.6) is 5.75 Å². The van der Waals surface area contributed by atoms with Crippen LogP contribution >= 0.6 is 35.9 Å². The molecule has 2 N–H and O–H groups in total. The second kappa shape index (κ2) is 5.97. The van der Waals surface area contributed by atoms with Crippen LogP contribution in [0.25, 0.3) is 10.2 Å². The molecule has 1 unspecified atom stereocenters. The maximum Gasteiger partial charge on any atom is 0.420 e. The van der Waals surface area contributed by atoms with Crippen molar-refractivity contribution >= 4 is 57.1 Å². The summed E-state index contributed by atoms with van der Waals surface area (Å²) in [7, 11) is 0. The molecule has 3 rings (SSSR count). The van der Waals surface area contributed by atoms with Crippen LogP contribution in [0.3, 0.4) is 0 Å². The molecule has 2 aromatic rings. The quantitative estimate of drug-likeness (QED) is 0.687. The zero-order valence-corrected chi connectivity index (χ0v) is 14.1. The molecule has 1 aromatic carbocycles. The van der Waals surface area contributed by atoms with Crippen molar-refractivity contribution < 1.29 is 23.1 Å². The normalized spacial score (nSPS) is 18.1. The van der Waals surface area contributed by atoms with Crippen molar-refractivity contribution in [3.05, 3.63) is 34.2 Å². The number of nitrogens with one attached hydrogen (secondary N) is 1. The molecular weight excluding hydrogens is 383 g/mol. The number of aliphatic imine (C=N–C) groups is 1. The fraction of sp³-hybridized carbons (Fsp3) is 0.154. The molecule has 0 radical (unpaired) electrons. The average Bonchev–Trinajstić information content (AvgIpc) is 3.07. The van der Waals surface area contributed by atoms with Gasteiger partial charge in [-0.1, -0.05) is 31.2 Å². The lowest BCUT2D eigenvalue weighted by atomic mass is 10.2. The molecular formula is C13H8F3N3O2S3. The van der Waals surface area contributed by atoms with E-state index in [2.05, 4.69) is 34.1 Å². The zero-order valence-electron chi connectivity index (χ0n) is 11.6. The van der Waals surface area contributed by atoms with E-state index in [0.29, 0.717) is 19.7 Å². The fourth-order valence-electron chi connectivity index (χ4n) is 2.04. The predicted molar refractivity (Wildman–Crippen MR) is 90.5 cm³/mol. The van der Waals surface area contributed by atoms with Crippen LogP contribution in [0.4, 0.5) is 13.2 Å². The molecule has 5 nitrogen and oxygen atoms in total. The summed E-state index contributed by atoms with van der Waals surface area (Å²) in [4.78, 5) is 20.4. The number of benzene rings is 1. The van der Waals surface area contributed by atoms with E-state index >= 15 is 0 Å². The number of phenols is 1. The fourth-order valence-corrected chi connectivity index (χ4v) is 4.10.